The summed E-state index contributed by atoms with van der Waals surface area (Å²) < 4.78 is 28.1. The molecule has 0 saturated heterocycles. The van der Waals surface area contributed by atoms with Gasteiger partial charge in [0.1, 0.15) is 24.0 Å². The number of nitriles is 2. The maximum absolute atomic E-state index is 10.8. The minimum atomic E-state index is -0.455. The first-order chi connectivity index (χ1) is 27.6. The third-order valence-electron chi connectivity index (χ3n) is 8.16. The van der Waals surface area contributed by atoms with Gasteiger partial charge in [-0.05, 0) is 77.8 Å². The number of carbonyl (C=O) groups is 1. The minimum absolute atomic E-state index is 0.0139. The number of methoxy groups -OCH3 is 4. The van der Waals surface area contributed by atoms with Crippen molar-refractivity contribution in [1.29, 1.82) is 10.5 Å². The number of aldehydes is 1. The highest BCUT2D eigenvalue weighted by molar-refractivity contribution is 9.11. The molecule has 15 heteroatoms. The van der Waals surface area contributed by atoms with E-state index in [4.69, 9.17) is 41.3 Å². The van der Waals surface area contributed by atoms with Crippen molar-refractivity contribution in [3.63, 3.8) is 0 Å². The first kappa shape index (κ1) is 42.9. The van der Waals surface area contributed by atoms with Gasteiger partial charge in [-0.1, -0.05) is 48.5 Å². The van der Waals surface area contributed by atoms with Crippen LogP contribution in [0.2, 0.25) is 0 Å². The number of ether oxygens (including phenoxy) is 5. The van der Waals surface area contributed by atoms with Crippen molar-refractivity contribution in [1.82, 2.24) is 9.97 Å². The minimum Gasteiger partial charge on any atom is -0.493 e. The number of pyridine rings is 2. The number of carbonyl (C=O) groups excluding carboxylic acids is 1. The molecule has 0 bridgehead atoms. The van der Waals surface area contributed by atoms with Crippen LogP contribution in [0.15, 0.2) is 116 Å². The van der Waals surface area contributed by atoms with Crippen LogP contribution < -0.4 is 35.0 Å². The van der Waals surface area contributed by atoms with E-state index in [0.717, 1.165) is 39.0 Å². The maximum Gasteiger partial charge on any atom is 0.298 e. The van der Waals surface area contributed by atoms with Gasteiger partial charge in [-0.2, -0.15) is 10.5 Å². The number of aromatic amines is 1. The lowest BCUT2D eigenvalue weighted by Gasteiger charge is -2.27. The number of hydrogen-bond acceptors (Lipinski definition) is 11. The molecule has 0 aliphatic carbocycles. The molecule has 0 saturated carbocycles. The van der Waals surface area contributed by atoms with Crippen molar-refractivity contribution in [2.24, 2.45) is 5.73 Å². The molecule has 288 valence electrons. The number of fused-ring (bicyclic) bond motifs is 4. The molecule has 6 aromatic rings. The summed E-state index contributed by atoms with van der Waals surface area (Å²) >= 11 is 6.81. The van der Waals surface area contributed by atoms with Crippen molar-refractivity contribution in [2.75, 3.05) is 35.0 Å². The monoisotopic (exact) mass is 892 g/mol. The SMILES string of the molecule is COc1cc(C2C(C#N)=C(N)Oc3ncc4ccccc4c32)cc(Br)c1OC.COc1cc(C=O)cc(Br)c1OC.O=c1cc2ccccc2c[nH]1.[C-]#[N+]CC#N. The summed E-state index contributed by atoms with van der Waals surface area (Å²) in [4.78, 5) is 31.1. The Bertz CT molecular complexity index is 2610. The first-order valence-electron chi connectivity index (χ1n) is 16.6. The van der Waals surface area contributed by atoms with Crippen LogP contribution in [0.3, 0.4) is 0 Å². The van der Waals surface area contributed by atoms with Crippen molar-refractivity contribution < 1.29 is 28.5 Å². The van der Waals surface area contributed by atoms with Crippen LogP contribution in [0, 0.1) is 29.2 Å². The molecule has 1 atom stereocenters. The van der Waals surface area contributed by atoms with Crippen molar-refractivity contribution in [2.45, 2.75) is 5.92 Å². The third kappa shape index (κ3) is 10.3. The Labute approximate surface area is 344 Å². The Morgan fingerprint density at radius 3 is 2.09 bits per heavy atom. The smallest absolute Gasteiger partial charge is 0.298 e. The van der Waals surface area contributed by atoms with Crippen LogP contribution in [-0.2, 0) is 0 Å². The van der Waals surface area contributed by atoms with Gasteiger partial charge in [-0.25, -0.2) is 11.6 Å². The van der Waals surface area contributed by atoms with E-state index in [1.54, 1.807) is 58.0 Å². The lowest BCUT2D eigenvalue weighted by atomic mass is 9.82. The zero-order valence-electron chi connectivity index (χ0n) is 31.0. The van der Waals surface area contributed by atoms with E-state index in [1.807, 2.05) is 60.7 Å². The normalized spacial score (nSPS) is 12.2. The average Bonchev–Trinajstić information content (AvgIpc) is 3.23. The zero-order chi connectivity index (χ0) is 41.5. The summed E-state index contributed by atoms with van der Waals surface area (Å²) in [7, 11) is 6.21. The van der Waals surface area contributed by atoms with Crippen LogP contribution >= 0.6 is 31.9 Å². The van der Waals surface area contributed by atoms with Gasteiger partial charge in [0, 0.05) is 35.0 Å². The molecular formula is C42H34Br2N6O7. The molecule has 4 aromatic carbocycles. The van der Waals surface area contributed by atoms with E-state index >= 15 is 0 Å². The highest BCUT2D eigenvalue weighted by Crippen LogP contribution is 2.47. The maximum atomic E-state index is 10.8. The number of allylic oxidation sites excluding steroid dienone is 1. The number of nitrogens with two attached hydrogens (primary N) is 1. The second kappa shape index (κ2) is 20.7. The Morgan fingerprint density at radius 2 is 1.51 bits per heavy atom. The van der Waals surface area contributed by atoms with Crippen molar-refractivity contribution in [3.05, 3.63) is 150 Å². The molecule has 3 heterocycles. The number of nitrogens with one attached hydrogen (secondary N) is 1. The second-order valence-electron chi connectivity index (χ2n) is 11.5. The van der Waals surface area contributed by atoms with Crippen LogP contribution in [-0.4, -0.2) is 51.2 Å². The number of rotatable bonds is 6. The molecule has 0 amide bonds. The summed E-state index contributed by atoms with van der Waals surface area (Å²) in [5.74, 6) is 2.24. The Hall–Kier alpha value is -6.86. The van der Waals surface area contributed by atoms with Crippen molar-refractivity contribution >= 4 is 59.7 Å². The number of benzene rings is 4. The number of hydrogen-bond donors (Lipinski definition) is 2. The van der Waals surface area contributed by atoms with Gasteiger partial charge >= 0.3 is 0 Å². The van der Waals surface area contributed by atoms with Gasteiger partial charge in [0.15, 0.2) is 23.0 Å². The molecule has 3 N–H and O–H groups in total. The van der Waals surface area contributed by atoms with Gasteiger partial charge in [-0.3, -0.25) is 9.59 Å². The van der Waals surface area contributed by atoms with E-state index in [1.165, 1.54) is 7.11 Å². The quantitative estimate of drug-likeness (QED) is 0.0928. The van der Waals surface area contributed by atoms with Gasteiger partial charge in [-0.15, -0.1) is 0 Å². The molecule has 0 spiro atoms. The van der Waals surface area contributed by atoms with Crippen LogP contribution in [0.25, 0.3) is 26.4 Å². The largest absolute Gasteiger partial charge is 0.493 e. The Kier molecular flexibility index (Phi) is 15.6. The van der Waals surface area contributed by atoms with E-state index in [0.29, 0.717) is 49.0 Å². The lowest BCUT2D eigenvalue weighted by molar-refractivity contribution is 0.112. The van der Waals surface area contributed by atoms with Crippen LogP contribution in [0.4, 0.5) is 0 Å². The van der Waals surface area contributed by atoms with Gasteiger partial charge in [0.25, 0.3) is 6.54 Å². The number of nitrogens with zero attached hydrogens (tertiary/aromatic N) is 4. The second-order valence-corrected chi connectivity index (χ2v) is 13.2. The zero-order valence-corrected chi connectivity index (χ0v) is 34.2. The van der Waals surface area contributed by atoms with E-state index in [-0.39, 0.29) is 18.0 Å². The fourth-order valence-corrected chi connectivity index (χ4v) is 6.92. The molecule has 0 fully saturated rings. The average molecular weight is 895 g/mol. The third-order valence-corrected chi connectivity index (χ3v) is 9.33. The van der Waals surface area contributed by atoms with Crippen molar-refractivity contribution in [3.8, 4) is 41.0 Å². The predicted molar refractivity (Wildman–Crippen MR) is 223 cm³/mol. The van der Waals surface area contributed by atoms with Gasteiger partial charge in [0.05, 0.1) is 43.3 Å². The van der Waals surface area contributed by atoms with Gasteiger partial charge < -0.3 is 39.2 Å². The molecule has 7 rings (SSSR count). The summed E-state index contributed by atoms with van der Waals surface area (Å²) in [5, 5.41) is 21.4. The molecule has 1 unspecified atom stereocenters. The molecule has 1 aliphatic heterocycles. The molecule has 13 nitrogen and oxygen atoms in total. The summed E-state index contributed by atoms with van der Waals surface area (Å²) in [6, 6.07) is 28.1. The van der Waals surface area contributed by atoms with Crippen LogP contribution in [0.5, 0.6) is 28.9 Å². The standard InChI is InChI=1S/C21H16BrN3O3.C9H9BrO3.C9H7NO.C3H2N2/c1-26-16-8-12(7-15(22)19(16)27-2)17-14(9-23)20(24)28-21-18(17)13-6-4-3-5-11(13)10-25-21;1-12-8-4-6(5-11)3-7(10)9(8)13-2;11-9-5-7-3-1-2-4-8(7)6-10-9;1-5-3-2-4/h3-8,10,17H,24H2,1-2H3;3-5H,1-2H3;1-6H,(H,10,11);3H2. The molecule has 57 heavy (non-hydrogen) atoms. The number of halogens is 2. The summed E-state index contributed by atoms with van der Waals surface area (Å²) in [6.45, 7) is 5.99. The Morgan fingerprint density at radius 1 is 0.895 bits per heavy atom. The number of H-pyrrole nitrogens is 1. The highest BCUT2D eigenvalue weighted by Gasteiger charge is 2.34. The number of aromatic nitrogens is 2. The molecular weight excluding hydrogens is 860 g/mol. The topological polar surface area (TPSA) is 187 Å². The fraction of sp³-hybridized carbons (Fsp3) is 0.143. The first-order valence-corrected chi connectivity index (χ1v) is 18.2. The Balaban J connectivity index is 0.000000204. The van der Waals surface area contributed by atoms with Crippen LogP contribution in [0.1, 0.15) is 27.4 Å². The van der Waals surface area contributed by atoms with Gasteiger partial charge in [0.2, 0.25) is 17.3 Å². The molecule has 2 aromatic heterocycles. The van der Waals surface area contributed by atoms with E-state index < -0.39 is 5.92 Å². The molecule has 0 radical (unpaired) electrons. The highest BCUT2D eigenvalue weighted by atomic mass is 79.9. The summed E-state index contributed by atoms with van der Waals surface area (Å²) in [6.07, 6.45) is 4.21. The van der Waals surface area contributed by atoms with E-state index in [2.05, 4.69) is 52.7 Å². The molecule has 1 aliphatic rings. The lowest BCUT2D eigenvalue weighted by Crippen LogP contribution is -2.22. The summed E-state index contributed by atoms with van der Waals surface area (Å²) in [5.41, 5.74) is 8.49. The van der Waals surface area contributed by atoms with E-state index in [9.17, 15) is 14.9 Å². The predicted octanol–water partition coefficient (Wildman–Crippen LogP) is 8.47. The fourth-order valence-electron chi connectivity index (χ4n) is 5.68.